The zero-order chi connectivity index (χ0) is 31.3. The van der Waals surface area contributed by atoms with Gasteiger partial charge in [-0.25, -0.2) is 9.18 Å². The Balaban J connectivity index is 1.67. The number of anilines is 2. The first-order chi connectivity index (χ1) is 20.3. The van der Waals surface area contributed by atoms with Crippen LogP contribution in [0, 0.1) is 11.2 Å². The Hall–Kier alpha value is -3.66. The summed E-state index contributed by atoms with van der Waals surface area (Å²) < 4.78 is 26.1. The van der Waals surface area contributed by atoms with Gasteiger partial charge in [0.1, 0.15) is 22.5 Å². The number of hydrogen-bond acceptors (Lipinski definition) is 6. The number of methoxy groups -OCH3 is 2. The Morgan fingerprint density at radius 2 is 1.81 bits per heavy atom. The van der Waals surface area contributed by atoms with Crippen LogP contribution in [-0.2, 0) is 19.7 Å². The highest BCUT2D eigenvalue weighted by atomic mass is 35.5. The van der Waals surface area contributed by atoms with Gasteiger partial charge in [0.05, 0.1) is 25.3 Å². The fourth-order valence-corrected chi connectivity index (χ4v) is 6.77. The van der Waals surface area contributed by atoms with E-state index in [2.05, 4.69) is 16.0 Å². The minimum atomic E-state index is -1.38. The molecule has 2 heterocycles. The van der Waals surface area contributed by atoms with E-state index >= 15 is 4.39 Å². The molecule has 0 radical (unpaired) electrons. The second kappa shape index (κ2) is 11.4. The fraction of sp³-hybridized carbons (Fsp3) is 0.344. The normalized spacial score (nSPS) is 22.7. The summed E-state index contributed by atoms with van der Waals surface area (Å²) in [6.45, 7) is 6.11. The van der Waals surface area contributed by atoms with Gasteiger partial charge in [-0.05, 0) is 53.3 Å². The van der Waals surface area contributed by atoms with E-state index in [1.165, 1.54) is 32.4 Å². The fourth-order valence-electron chi connectivity index (χ4n) is 6.42. The Morgan fingerprint density at radius 1 is 1.07 bits per heavy atom. The van der Waals surface area contributed by atoms with Crippen LogP contribution >= 0.6 is 23.2 Å². The second-order valence-electron chi connectivity index (χ2n) is 12.0. The Morgan fingerprint density at radius 3 is 2.49 bits per heavy atom. The summed E-state index contributed by atoms with van der Waals surface area (Å²) in [4.78, 5) is 40.6. The highest BCUT2D eigenvalue weighted by Crippen LogP contribution is 2.57. The molecule has 2 aliphatic rings. The van der Waals surface area contributed by atoms with E-state index in [1.807, 2.05) is 20.8 Å². The lowest BCUT2D eigenvalue weighted by Crippen LogP contribution is -2.49. The Bertz CT molecular complexity index is 1620. The zero-order valence-corrected chi connectivity index (χ0v) is 25.8. The van der Waals surface area contributed by atoms with E-state index in [0.717, 1.165) is 0 Å². The largest absolute Gasteiger partial charge is 0.496 e. The molecule has 3 aromatic carbocycles. The smallest absolute Gasteiger partial charge is 0.341 e. The minimum absolute atomic E-state index is 0.121. The van der Waals surface area contributed by atoms with Crippen molar-refractivity contribution in [2.45, 2.75) is 50.6 Å². The molecule has 43 heavy (non-hydrogen) atoms. The summed E-state index contributed by atoms with van der Waals surface area (Å²) in [5.74, 6) is -2.98. The molecule has 0 aliphatic carbocycles. The second-order valence-corrected chi connectivity index (χ2v) is 12.8. The monoisotopic (exact) mass is 627 g/mol. The van der Waals surface area contributed by atoms with Crippen LogP contribution in [-0.4, -0.2) is 44.1 Å². The molecule has 2 aliphatic heterocycles. The first kappa shape index (κ1) is 30.8. The van der Waals surface area contributed by atoms with Gasteiger partial charge in [-0.15, -0.1) is 0 Å². The number of carbonyl (C=O) groups is 3. The summed E-state index contributed by atoms with van der Waals surface area (Å²) in [5.41, 5.74) is 0.115. The van der Waals surface area contributed by atoms with Crippen molar-refractivity contribution in [3.8, 4) is 5.75 Å². The first-order valence-electron chi connectivity index (χ1n) is 13.7. The predicted octanol–water partition coefficient (Wildman–Crippen LogP) is 6.32. The van der Waals surface area contributed by atoms with E-state index in [-0.39, 0.29) is 33.2 Å². The number of rotatable bonds is 6. The van der Waals surface area contributed by atoms with Crippen LogP contribution in [0.2, 0.25) is 10.0 Å². The summed E-state index contributed by atoms with van der Waals surface area (Å²) >= 11 is 12.6. The van der Waals surface area contributed by atoms with E-state index < -0.39 is 41.1 Å². The van der Waals surface area contributed by atoms with Crippen molar-refractivity contribution in [2.24, 2.45) is 5.41 Å². The van der Waals surface area contributed by atoms with Gasteiger partial charge in [0, 0.05) is 34.4 Å². The third kappa shape index (κ3) is 5.34. The highest BCUT2D eigenvalue weighted by Gasteiger charge is 2.66. The van der Waals surface area contributed by atoms with Gasteiger partial charge in [0.2, 0.25) is 11.8 Å². The molecule has 1 fully saturated rings. The topological polar surface area (TPSA) is 106 Å². The molecule has 8 nitrogen and oxygen atoms in total. The highest BCUT2D eigenvalue weighted by molar-refractivity contribution is 6.31. The van der Waals surface area contributed by atoms with Crippen LogP contribution in [0.3, 0.4) is 0 Å². The van der Waals surface area contributed by atoms with Crippen LogP contribution < -0.4 is 20.7 Å². The number of ether oxygens (including phenoxy) is 2. The number of esters is 1. The molecule has 1 spiro atoms. The molecular formula is C32H32Cl2FN3O5. The third-order valence-electron chi connectivity index (χ3n) is 8.10. The van der Waals surface area contributed by atoms with Gasteiger partial charge in [0.25, 0.3) is 0 Å². The number of benzene rings is 3. The molecule has 11 heteroatoms. The standard InChI is InChI=1S/C32H32Cl2FN3O5/c1-31(2,3)15-24-32(20-12-9-16(33)13-22(20)37-30(32)41)25(19-7-6-8-21(34)26(19)35)27(38-24)28(39)36-17-10-11-18(29(40)43-5)23(14-17)42-4/h6-14,24-25,27,38H,15H2,1-5H3,(H,36,39)(H,37,41)/t24-,25-,27+,32+/m0/s1. The van der Waals surface area contributed by atoms with Crippen molar-refractivity contribution >= 4 is 52.4 Å². The van der Waals surface area contributed by atoms with E-state index in [0.29, 0.717) is 28.4 Å². The lowest BCUT2D eigenvalue weighted by molar-refractivity contribution is -0.122. The average molecular weight is 629 g/mol. The van der Waals surface area contributed by atoms with Crippen molar-refractivity contribution < 1.29 is 28.2 Å². The third-order valence-corrected chi connectivity index (χ3v) is 8.62. The predicted molar refractivity (Wildman–Crippen MR) is 164 cm³/mol. The molecular weight excluding hydrogens is 596 g/mol. The average Bonchev–Trinajstić information content (AvgIpc) is 3.42. The number of halogens is 3. The van der Waals surface area contributed by atoms with Crippen LogP contribution in [0.25, 0.3) is 0 Å². The Kier molecular flexibility index (Phi) is 8.19. The SMILES string of the molecule is COC(=O)c1ccc(NC(=O)[C@@H]2N[C@@H](CC(C)(C)C)[C@@]3(C(=O)Nc4cc(Cl)ccc43)[C@H]2c2cccc(Cl)c2F)cc1OC. The van der Waals surface area contributed by atoms with Gasteiger partial charge < -0.3 is 25.4 Å². The molecule has 0 bridgehead atoms. The number of nitrogens with one attached hydrogen (secondary N) is 3. The molecule has 0 saturated carbocycles. The summed E-state index contributed by atoms with van der Waals surface area (Å²) in [6.07, 6.45) is 0.479. The minimum Gasteiger partial charge on any atom is -0.496 e. The lowest BCUT2D eigenvalue weighted by Gasteiger charge is -2.37. The molecule has 3 aromatic rings. The van der Waals surface area contributed by atoms with Crippen LogP contribution in [0.1, 0.15) is 54.6 Å². The van der Waals surface area contributed by atoms with E-state index in [9.17, 15) is 14.4 Å². The van der Waals surface area contributed by atoms with Crippen molar-refractivity contribution in [1.82, 2.24) is 5.32 Å². The van der Waals surface area contributed by atoms with Gasteiger partial charge in [-0.3, -0.25) is 9.59 Å². The van der Waals surface area contributed by atoms with Gasteiger partial charge in [-0.1, -0.05) is 62.2 Å². The number of carbonyl (C=O) groups excluding carboxylic acids is 3. The Labute approximate surface area is 259 Å². The molecule has 1 saturated heterocycles. The van der Waals surface area contributed by atoms with Crippen molar-refractivity contribution in [2.75, 3.05) is 24.9 Å². The van der Waals surface area contributed by atoms with Crippen LogP contribution in [0.5, 0.6) is 5.75 Å². The lowest BCUT2D eigenvalue weighted by atomic mass is 9.62. The molecule has 3 N–H and O–H groups in total. The van der Waals surface area contributed by atoms with Gasteiger partial charge in [-0.2, -0.15) is 0 Å². The summed E-state index contributed by atoms with van der Waals surface area (Å²) in [7, 11) is 2.65. The van der Waals surface area contributed by atoms with E-state index in [4.69, 9.17) is 32.7 Å². The van der Waals surface area contributed by atoms with Gasteiger partial charge in [0.15, 0.2) is 0 Å². The molecule has 0 aromatic heterocycles. The maximum Gasteiger partial charge on any atom is 0.341 e. The molecule has 2 amide bonds. The first-order valence-corrected chi connectivity index (χ1v) is 14.5. The van der Waals surface area contributed by atoms with Gasteiger partial charge >= 0.3 is 5.97 Å². The van der Waals surface area contributed by atoms with Crippen molar-refractivity contribution in [3.63, 3.8) is 0 Å². The maximum absolute atomic E-state index is 15.9. The summed E-state index contributed by atoms with van der Waals surface area (Å²) in [6, 6.07) is 12.6. The van der Waals surface area contributed by atoms with Crippen LogP contribution in [0.15, 0.2) is 54.6 Å². The number of amides is 2. The zero-order valence-electron chi connectivity index (χ0n) is 24.3. The molecule has 226 valence electrons. The number of fused-ring (bicyclic) bond motifs is 2. The van der Waals surface area contributed by atoms with Crippen molar-refractivity contribution in [1.29, 1.82) is 0 Å². The molecule has 5 rings (SSSR count). The quantitative estimate of drug-likeness (QED) is 0.276. The van der Waals surface area contributed by atoms with E-state index in [1.54, 1.807) is 36.4 Å². The van der Waals surface area contributed by atoms with Crippen molar-refractivity contribution in [3.05, 3.63) is 87.2 Å². The van der Waals surface area contributed by atoms with Crippen LogP contribution in [0.4, 0.5) is 15.8 Å². The maximum atomic E-state index is 15.9. The molecule has 4 atom stereocenters. The molecule has 0 unspecified atom stereocenters. The summed E-state index contributed by atoms with van der Waals surface area (Å²) in [5, 5.41) is 9.56. The number of hydrogen-bond donors (Lipinski definition) is 3.